The summed E-state index contributed by atoms with van der Waals surface area (Å²) < 4.78 is 15.2. The average Bonchev–Trinajstić information content (AvgIpc) is 2.93. The quantitative estimate of drug-likeness (QED) is 0.546. The average molecular weight is 394 g/mol. The zero-order valence-corrected chi connectivity index (χ0v) is 16.0. The highest BCUT2D eigenvalue weighted by Crippen LogP contribution is 2.23. The van der Waals surface area contributed by atoms with Crippen LogP contribution in [0.1, 0.15) is 39.0 Å². The van der Waals surface area contributed by atoms with Crippen molar-refractivity contribution < 1.29 is 28.6 Å². The first-order valence-electron chi connectivity index (χ1n) is 8.27. The molecule has 7 nitrogen and oxygen atoms in total. The van der Waals surface area contributed by atoms with Gasteiger partial charge < -0.3 is 19.2 Å². The normalized spacial score (nSPS) is 10.4. The van der Waals surface area contributed by atoms with E-state index in [2.05, 4.69) is 4.98 Å². The third kappa shape index (κ3) is 5.10. The molecule has 0 aliphatic rings. The number of hydrogen-bond acceptors (Lipinski definition) is 6. The van der Waals surface area contributed by atoms with Crippen LogP contribution in [0.15, 0.2) is 24.3 Å². The number of nitrogens with one attached hydrogen (secondary N) is 1. The number of halogens is 1. The number of aryl methyl sites for hydroxylation is 1. The number of esters is 2. The molecule has 0 aliphatic carbocycles. The van der Waals surface area contributed by atoms with Crippen molar-refractivity contribution in [2.45, 2.75) is 20.8 Å². The van der Waals surface area contributed by atoms with Crippen molar-refractivity contribution in [1.29, 1.82) is 0 Å². The molecular formula is C19H20ClNO6. The van der Waals surface area contributed by atoms with Gasteiger partial charge >= 0.3 is 11.9 Å². The minimum atomic E-state index is -0.713. The first-order valence-corrected chi connectivity index (χ1v) is 8.65. The molecule has 2 rings (SSSR count). The molecule has 1 aromatic heterocycles. The number of aromatic nitrogens is 1. The summed E-state index contributed by atoms with van der Waals surface area (Å²) in [6, 6.07) is 6.69. The highest BCUT2D eigenvalue weighted by molar-refractivity contribution is 6.32. The van der Waals surface area contributed by atoms with Crippen molar-refractivity contribution >= 4 is 29.3 Å². The summed E-state index contributed by atoms with van der Waals surface area (Å²) in [6.07, 6.45) is 0. The Labute approximate surface area is 161 Å². The van der Waals surface area contributed by atoms with E-state index in [-0.39, 0.29) is 18.9 Å². The van der Waals surface area contributed by atoms with Crippen molar-refractivity contribution in [2.75, 3.05) is 19.8 Å². The molecule has 0 fully saturated rings. The molecule has 0 unspecified atom stereocenters. The second kappa shape index (κ2) is 9.23. The van der Waals surface area contributed by atoms with Crippen LogP contribution in [0.2, 0.25) is 5.02 Å². The molecule has 0 amide bonds. The summed E-state index contributed by atoms with van der Waals surface area (Å²) >= 11 is 5.92. The van der Waals surface area contributed by atoms with E-state index in [1.807, 2.05) is 0 Å². The van der Waals surface area contributed by atoms with E-state index in [0.29, 0.717) is 27.6 Å². The number of ether oxygens (including phenoxy) is 3. The molecule has 0 saturated heterocycles. The summed E-state index contributed by atoms with van der Waals surface area (Å²) in [4.78, 5) is 38.9. The van der Waals surface area contributed by atoms with Gasteiger partial charge in [0.1, 0.15) is 5.75 Å². The fraction of sp³-hybridized carbons (Fsp3) is 0.316. The highest BCUT2D eigenvalue weighted by Gasteiger charge is 2.23. The van der Waals surface area contributed by atoms with Gasteiger partial charge in [0.15, 0.2) is 13.2 Å². The highest BCUT2D eigenvalue weighted by atomic mass is 35.5. The molecule has 1 N–H and O–H groups in total. The number of para-hydroxylation sites is 1. The number of carbonyl (C=O) groups excluding carboxylic acids is 3. The Morgan fingerprint density at radius 3 is 2.44 bits per heavy atom. The SMILES string of the molecule is CCOC(=O)c1c(C)[nH]c(C(=O)COC(=O)COc2ccccc2Cl)c1C. The second-order valence-corrected chi connectivity index (χ2v) is 6.06. The maximum atomic E-state index is 12.3. The van der Waals surface area contributed by atoms with Crippen LogP contribution in [0.25, 0.3) is 0 Å². The number of Topliss-reactive ketones (excluding diaryl/α,β-unsaturated/α-hetero) is 1. The molecule has 1 heterocycles. The van der Waals surface area contributed by atoms with Gasteiger partial charge in [-0.3, -0.25) is 4.79 Å². The van der Waals surface area contributed by atoms with Crippen LogP contribution in [0.5, 0.6) is 5.75 Å². The zero-order valence-electron chi connectivity index (χ0n) is 15.3. The van der Waals surface area contributed by atoms with Crippen LogP contribution in [0.4, 0.5) is 0 Å². The Morgan fingerprint density at radius 1 is 1.07 bits per heavy atom. The van der Waals surface area contributed by atoms with E-state index in [4.69, 9.17) is 25.8 Å². The lowest BCUT2D eigenvalue weighted by Crippen LogP contribution is -2.20. The standard InChI is InChI=1S/C19H20ClNO6/c1-4-25-19(24)17-11(2)18(21-12(17)3)14(22)9-27-16(23)10-26-15-8-6-5-7-13(15)20/h5-8,21H,4,9-10H2,1-3H3. The van der Waals surface area contributed by atoms with E-state index in [0.717, 1.165) is 0 Å². The zero-order chi connectivity index (χ0) is 20.0. The lowest BCUT2D eigenvalue weighted by atomic mass is 10.1. The van der Waals surface area contributed by atoms with Crippen molar-refractivity contribution in [3.8, 4) is 5.75 Å². The van der Waals surface area contributed by atoms with Crippen LogP contribution < -0.4 is 4.74 Å². The number of carbonyl (C=O) groups is 3. The van der Waals surface area contributed by atoms with Gasteiger partial charge in [-0.1, -0.05) is 23.7 Å². The maximum absolute atomic E-state index is 12.3. The predicted molar refractivity (Wildman–Crippen MR) is 98.5 cm³/mol. The van der Waals surface area contributed by atoms with Crippen LogP contribution in [-0.4, -0.2) is 42.5 Å². The van der Waals surface area contributed by atoms with Gasteiger partial charge in [0.25, 0.3) is 0 Å². The Kier molecular flexibility index (Phi) is 7.01. The van der Waals surface area contributed by atoms with Crippen LogP contribution in [0, 0.1) is 13.8 Å². The van der Waals surface area contributed by atoms with Gasteiger partial charge in [0, 0.05) is 5.69 Å². The van der Waals surface area contributed by atoms with Crippen LogP contribution >= 0.6 is 11.6 Å². The second-order valence-electron chi connectivity index (χ2n) is 5.65. The number of hydrogen-bond donors (Lipinski definition) is 1. The molecular weight excluding hydrogens is 374 g/mol. The molecule has 1 aromatic carbocycles. The number of aromatic amines is 1. The minimum Gasteiger partial charge on any atom is -0.480 e. The van der Waals surface area contributed by atoms with Crippen LogP contribution in [-0.2, 0) is 14.3 Å². The van der Waals surface area contributed by atoms with E-state index >= 15 is 0 Å². The Morgan fingerprint density at radius 2 is 1.78 bits per heavy atom. The van der Waals surface area contributed by atoms with Crippen molar-refractivity contribution in [3.05, 3.63) is 51.8 Å². The van der Waals surface area contributed by atoms with Gasteiger partial charge in [-0.25, -0.2) is 9.59 Å². The van der Waals surface area contributed by atoms with Crippen molar-refractivity contribution in [1.82, 2.24) is 4.98 Å². The molecule has 8 heteroatoms. The topological polar surface area (TPSA) is 94.7 Å². The first-order chi connectivity index (χ1) is 12.8. The summed E-state index contributed by atoms with van der Waals surface area (Å²) in [5, 5.41) is 0.366. The number of ketones is 1. The Hall–Kier alpha value is -2.80. The summed E-state index contributed by atoms with van der Waals surface area (Å²) in [7, 11) is 0. The summed E-state index contributed by atoms with van der Waals surface area (Å²) in [5.41, 5.74) is 1.49. The van der Waals surface area contributed by atoms with Gasteiger partial charge in [0.2, 0.25) is 5.78 Å². The molecule has 144 valence electrons. The van der Waals surface area contributed by atoms with E-state index < -0.39 is 24.3 Å². The fourth-order valence-corrected chi connectivity index (χ4v) is 2.69. The molecule has 0 bridgehead atoms. The molecule has 2 aromatic rings. The van der Waals surface area contributed by atoms with Gasteiger partial charge in [-0.15, -0.1) is 0 Å². The summed E-state index contributed by atoms with van der Waals surface area (Å²) in [6.45, 7) is 4.37. The molecule has 0 aliphatic heterocycles. The number of H-pyrrole nitrogens is 1. The minimum absolute atomic E-state index is 0.204. The van der Waals surface area contributed by atoms with E-state index in [1.54, 1.807) is 45.0 Å². The molecule has 0 atom stereocenters. The lowest BCUT2D eigenvalue weighted by molar-refractivity contribution is -0.144. The largest absolute Gasteiger partial charge is 0.480 e. The monoisotopic (exact) mass is 393 g/mol. The predicted octanol–water partition coefficient (Wildman–Crippen LogP) is 3.27. The van der Waals surface area contributed by atoms with Crippen LogP contribution in [0.3, 0.4) is 0 Å². The molecule has 0 spiro atoms. The summed E-state index contributed by atoms with van der Waals surface area (Å²) in [5.74, 6) is -1.34. The third-order valence-electron chi connectivity index (χ3n) is 3.74. The Bertz CT molecular complexity index is 858. The van der Waals surface area contributed by atoms with E-state index in [9.17, 15) is 14.4 Å². The fourth-order valence-electron chi connectivity index (χ4n) is 2.50. The number of rotatable bonds is 8. The van der Waals surface area contributed by atoms with Gasteiger partial charge in [-0.05, 0) is 38.5 Å². The maximum Gasteiger partial charge on any atom is 0.344 e. The van der Waals surface area contributed by atoms with Crippen molar-refractivity contribution in [2.24, 2.45) is 0 Å². The smallest absolute Gasteiger partial charge is 0.344 e. The molecule has 27 heavy (non-hydrogen) atoms. The van der Waals surface area contributed by atoms with Crippen molar-refractivity contribution in [3.63, 3.8) is 0 Å². The lowest BCUT2D eigenvalue weighted by Gasteiger charge is -2.08. The number of benzene rings is 1. The molecule has 0 radical (unpaired) electrons. The van der Waals surface area contributed by atoms with Gasteiger partial charge in [-0.2, -0.15) is 0 Å². The molecule has 0 saturated carbocycles. The Balaban J connectivity index is 1.94. The first kappa shape index (κ1) is 20.5. The van der Waals surface area contributed by atoms with Gasteiger partial charge in [0.05, 0.1) is 22.9 Å². The third-order valence-corrected chi connectivity index (χ3v) is 4.05. The van der Waals surface area contributed by atoms with E-state index in [1.165, 1.54) is 0 Å².